The fourth-order valence-electron chi connectivity index (χ4n) is 2.72. The summed E-state index contributed by atoms with van der Waals surface area (Å²) in [4.78, 5) is 22.1. The van der Waals surface area contributed by atoms with Gasteiger partial charge in [0.15, 0.2) is 0 Å². The maximum Gasteiger partial charge on any atom is 0.410 e. The number of carbonyl (C=O) groups excluding carboxylic acids is 1. The predicted molar refractivity (Wildman–Crippen MR) is 100 cm³/mol. The summed E-state index contributed by atoms with van der Waals surface area (Å²) in [7, 11) is 1.74. The van der Waals surface area contributed by atoms with Crippen molar-refractivity contribution in [3.8, 4) is 11.3 Å². The van der Waals surface area contributed by atoms with Crippen molar-refractivity contribution in [1.82, 2.24) is 20.2 Å². The molecule has 1 aromatic carbocycles. The topological polar surface area (TPSA) is 103 Å². The van der Waals surface area contributed by atoms with E-state index in [0.717, 1.165) is 23.4 Å². The fourth-order valence-corrected chi connectivity index (χ4v) is 2.72. The Kier molecular flexibility index (Phi) is 4.82. The van der Waals surface area contributed by atoms with Crippen LogP contribution >= 0.6 is 0 Å². The van der Waals surface area contributed by atoms with Gasteiger partial charge in [0, 0.05) is 37.9 Å². The van der Waals surface area contributed by atoms with Crippen molar-refractivity contribution in [1.29, 1.82) is 0 Å². The number of hydrogen-bond donors (Lipinski definition) is 2. The van der Waals surface area contributed by atoms with Crippen LogP contribution in [0.25, 0.3) is 11.3 Å². The molecular formula is C19H25N5O2. The molecule has 0 radical (unpaired) electrons. The number of nitrogens with zero attached hydrogens (tertiary/aromatic N) is 3. The van der Waals surface area contributed by atoms with Crippen LogP contribution in [0.3, 0.4) is 0 Å². The summed E-state index contributed by atoms with van der Waals surface area (Å²) >= 11 is 0. The Morgan fingerprint density at radius 3 is 2.73 bits per heavy atom. The fraction of sp³-hybridized carbons (Fsp3) is 0.421. The van der Waals surface area contributed by atoms with E-state index in [9.17, 15) is 4.79 Å². The molecule has 1 atom stereocenters. The number of anilines is 1. The molecule has 0 saturated carbocycles. The monoisotopic (exact) mass is 355 g/mol. The second kappa shape index (κ2) is 6.92. The van der Waals surface area contributed by atoms with Gasteiger partial charge in [-0.05, 0) is 44.0 Å². The van der Waals surface area contributed by atoms with Gasteiger partial charge in [-0.15, -0.1) is 0 Å². The Labute approximate surface area is 153 Å². The van der Waals surface area contributed by atoms with Crippen molar-refractivity contribution in [2.45, 2.75) is 39.0 Å². The highest BCUT2D eigenvalue weighted by molar-refractivity contribution is 5.68. The maximum atomic E-state index is 12.3. The standard InChI is InChI=1S/C19H25N5O2/c1-19(2,3)26-18(25)24(4)11-13-9-12(5-6-14(13)16-10-22-16)15-7-8-21-17(20)23-15/h5-9,16,22H,10-11H2,1-4H3,(H2,20,21,23). The maximum absolute atomic E-state index is 12.3. The number of benzene rings is 1. The number of hydrogen-bond acceptors (Lipinski definition) is 6. The minimum absolute atomic E-state index is 0.239. The van der Waals surface area contributed by atoms with E-state index in [1.807, 2.05) is 32.9 Å². The van der Waals surface area contributed by atoms with Crippen molar-refractivity contribution < 1.29 is 9.53 Å². The Morgan fingerprint density at radius 1 is 1.38 bits per heavy atom. The number of nitrogens with one attached hydrogen (secondary N) is 1. The van der Waals surface area contributed by atoms with Crippen molar-refractivity contribution in [2.24, 2.45) is 0 Å². The average molecular weight is 355 g/mol. The number of ether oxygens (including phenoxy) is 1. The van der Waals surface area contributed by atoms with E-state index in [2.05, 4.69) is 27.4 Å². The van der Waals surface area contributed by atoms with Crippen molar-refractivity contribution >= 4 is 12.0 Å². The molecule has 3 rings (SSSR count). The first-order valence-electron chi connectivity index (χ1n) is 8.62. The Hall–Kier alpha value is -2.67. The number of nitrogen functional groups attached to an aromatic ring is 1. The van der Waals surface area contributed by atoms with Crippen LogP contribution < -0.4 is 11.1 Å². The quantitative estimate of drug-likeness (QED) is 0.817. The van der Waals surface area contributed by atoms with Gasteiger partial charge >= 0.3 is 6.09 Å². The molecule has 0 aliphatic carbocycles. The van der Waals surface area contributed by atoms with Crippen molar-refractivity contribution in [3.05, 3.63) is 41.6 Å². The molecule has 1 aliphatic rings. The smallest absolute Gasteiger partial charge is 0.410 e. The van der Waals surface area contributed by atoms with Gasteiger partial charge in [0.1, 0.15) is 5.60 Å². The molecule has 1 amide bonds. The molecule has 1 fully saturated rings. The summed E-state index contributed by atoms with van der Waals surface area (Å²) in [5.41, 5.74) is 9.12. The van der Waals surface area contributed by atoms with Crippen LogP contribution in [0.2, 0.25) is 0 Å². The van der Waals surface area contributed by atoms with Gasteiger partial charge in [0.25, 0.3) is 0 Å². The molecule has 0 bridgehead atoms. The minimum Gasteiger partial charge on any atom is -0.444 e. The lowest BCUT2D eigenvalue weighted by molar-refractivity contribution is 0.0285. The van der Waals surface area contributed by atoms with Gasteiger partial charge in [0.05, 0.1) is 5.69 Å². The van der Waals surface area contributed by atoms with Crippen LogP contribution in [0.1, 0.15) is 37.9 Å². The molecule has 26 heavy (non-hydrogen) atoms. The first-order chi connectivity index (χ1) is 12.2. The SMILES string of the molecule is CN(Cc1cc(-c2ccnc(N)n2)ccc1C1CN1)C(=O)OC(C)(C)C. The van der Waals surface area contributed by atoms with Crippen molar-refractivity contribution in [2.75, 3.05) is 19.3 Å². The zero-order valence-electron chi connectivity index (χ0n) is 15.6. The molecule has 138 valence electrons. The zero-order chi connectivity index (χ0) is 18.9. The van der Waals surface area contributed by atoms with Crippen LogP contribution in [0.4, 0.5) is 10.7 Å². The summed E-state index contributed by atoms with van der Waals surface area (Å²) in [6, 6.07) is 8.31. The normalized spacial score (nSPS) is 16.2. The van der Waals surface area contributed by atoms with E-state index in [1.165, 1.54) is 5.56 Å². The molecule has 1 saturated heterocycles. The van der Waals surface area contributed by atoms with Gasteiger partial charge in [-0.3, -0.25) is 0 Å². The Morgan fingerprint density at radius 2 is 2.12 bits per heavy atom. The van der Waals surface area contributed by atoms with E-state index < -0.39 is 5.60 Å². The van der Waals surface area contributed by atoms with Crippen LogP contribution in [-0.2, 0) is 11.3 Å². The lowest BCUT2D eigenvalue weighted by Crippen LogP contribution is -2.34. The van der Waals surface area contributed by atoms with E-state index in [0.29, 0.717) is 12.6 Å². The molecule has 2 heterocycles. The number of rotatable bonds is 4. The molecule has 1 aromatic heterocycles. The van der Waals surface area contributed by atoms with Crippen LogP contribution in [0, 0.1) is 0 Å². The first-order valence-corrected chi connectivity index (χ1v) is 8.62. The van der Waals surface area contributed by atoms with E-state index >= 15 is 0 Å². The number of amides is 1. The predicted octanol–water partition coefficient (Wildman–Crippen LogP) is 2.74. The molecular weight excluding hydrogens is 330 g/mol. The highest BCUT2D eigenvalue weighted by atomic mass is 16.6. The highest BCUT2D eigenvalue weighted by Gasteiger charge is 2.27. The lowest BCUT2D eigenvalue weighted by Gasteiger charge is -2.25. The van der Waals surface area contributed by atoms with Gasteiger partial charge in [-0.2, -0.15) is 0 Å². The summed E-state index contributed by atoms with van der Waals surface area (Å²) in [5.74, 6) is 0.239. The zero-order valence-corrected chi connectivity index (χ0v) is 15.6. The molecule has 1 aliphatic heterocycles. The molecule has 7 heteroatoms. The first kappa shape index (κ1) is 18.1. The Bertz CT molecular complexity index is 812. The number of carbonyl (C=O) groups is 1. The molecule has 7 nitrogen and oxygen atoms in total. The largest absolute Gasteiger partial charge is 0.444 e. The van der Waals surface area contributed by atoms with E-state index in [-0.39, 0.29) is 12.0 Å². The summed E-state index contributed by atoms with van der Waals surface area (Å²) in [6.45, 7) is 6.98. The van der Waals surface area contributed by atoms with Crippen LogP contribution in [0.5, 0.6) is 0 Å². The summed E-state index contributed by atoms with van der Waals surface area (Å²) in [6.07, 6.45) is 1.30. The van der Waals surface area contributed by atoms with Crippen molar-refractivity contribution in [3.63, 3.8) is 0 Å². The van der Waals surface area contributed by atoms with Crippen LogP contribution in [-0.4, -0.2) is 40.2 Å². The van der Waals surface area contributed by atoms with Gasteiger partial charge in [-0.25, -0.2) is 14.8 Å². The van der Waals surface area contributed by atoms with Gasteiger partial charge < -0.3 is 20.7 Å². The van der Waals surface area contributed by atoms with Gasteiger partial charge in [0.2, 0.25) is 5.95 Å². The average Bonchev–Trinajstić information content (AvgIpc) is 3.38. The molecule has 2 aromatic rings. The highest BCUT2D eigenvalue weighted by Crippen LogP contribution is 2.30. The summed E-state index contributed by atoms with van der Waals surface area (Å²) in [5, 5.41) is 3.32. The van der Waals surface area contributed by atoms with Gasteiger partial charge in [-0.1, -0.05) is 12.1 Å². The second-order valence-electron chi connectivity index (χ2n) is 7.51. The molecule has 0 spiro atoms. The minimum atomic E-state index is -0.521. The number of aromatic nitrogens is 2. The molecule has 3 N–H and O–H groups in total. The third-order valence-electron chi connectivity index (χ3n) is 4.01. The van der Waals surface area contributed by atoms with Crippen LogP contribution in [0.15, 0.2) is 30.5 Å². The molecule has 1 unspecified atom stereocenters. The van der Waals surface area contributed by atoms with E-state index in [4.69, 9.17) is 10.5 Å². The third-order valence-corrected chi connectivity index (χ3v) is 4.01. The lowest BCUT2D eigenvalue weighted by atomic mass is 9.99. The Balaban J connectivity index is 1.86. The second-order valence-corrected chi connectivity index (χ2v) is 7.51. The third kappa shape index (κ3) is 4.49. The summed E-state index contributed by atoms with van der Waals surface area (Å²) < 4.78 is 5.45. The number of nitrogens with two attached hydrogens (primary N) is 1. The van der Waals surface area contributed by atoms with E-state index in [1.54, 1.807) is 18.1 Å².